The van der Waals surface area contributed by atoms with Crippen LogP contribution in [0.15, 0.2) is 35.3 Å². The molecule has 6 nitrogen and oxygen atoms in total. The van der Waals surface area contributed by atoms with E-state index < -0.39 is 0 Å². The lowest BCUT2D eigenvalue weighted by molar-refractivity contribution is 0.0640. The summed E-state index contributed by atoms with van der Waals surface area (Å²) in [5.74, 6) is -0.174. The number of nitrogens with zero attached hydrogens (tertiary/aromatic N) is 2. The van der Waals surface area contributed by atoms with Crippen LogP contribution in [-0.2, 0) is 19.4 Å². The second kappa shape index (κ2) is 10.0. The maximum absolute atomic E-state index is 13.5. The van der Waals surface area contributed by atoms with E-state index in [1.54, 1.807) is 6.20 Å². The van der Waals surface area contributed by atoms with Crippen LogP contribution in [0.25, 0.3) is 0 Å². The summed E-state index contributed by atoms with van der Waals surface area (Å²) in [4.78, 5) is 35.5. The largest absolute Gasteiger partial charge is 0.330 e. The van der Waals surface area contributed by atoms with Gasteiger partial charge in [-0.15, -0.1) is 12.4 Å². The number of fused-ring (bicyclic) bond motifs is 1. The topological polar surface area (TPSA) is 78.1 Å². The zero-order chi connectivity index (χ0) is 19.3. The highest BCUT2D eigenvalue weighted by molar-refractivity contribution is 5.94. The summed E-state index contributed by atoms with van der Waals surface area (Å²) in [6.45, 7) is 2.29. The van der Waals surface area contributed by atoms with Gasteiger partial charge in [-0.05, 0) is 81.8 Å². The van der Waals surface area contributed by atoms with Gasteiger partial charge in [0.15, 0.2) is 0 Å². The van der Waals surface area contributed by atoms with Gasteiger partial charge in [0.25, 0.3) is 11.5 Å². The lowest BCUT2D eigenvalue weighted by atomic mass is 9.94. The molecule has 1 fully saturated rings. The first-order chi connectivity index (χ1) is 13.7. The molecule has 4 rings (SSSR count). The molecule has 156 valence electrons. The Morgan fingerprint density at radius 2 is 2.00 bits per heavy atom. The molecule has 1 aliphatic carbocycles. The van der Waals surface area contributed by atoms with E-state index in [4.69, 9.17) is 0 Å². The predicted octanol–water partition coefficient (Wildman–Crippen LogP) is 2.86. The number of rotatable bonds is 4. The smallest absolute Gasteiger partial charge is 0.261 e. The average Bonchev–Trinajstić information content (AvgIpc) is 3.01. The fraction of sp³-hybridized carbons (Fsp3) is 0.500. The molecule has 7 heteroatoms. The van der Waals surface area contributed by atoms with Crippen molar-refractivity contribution in [3.8, 4) is 0 Å². The lowest BCUT2D eigenvalue weighted by Gasteiger charge is -2.31. The highest BCUT2D eigenvalue weighted by atomic mass is 35.5. The quantitative estimate of drug-likeness (QED) is 0.803. The third-order valence-electron chi connectivity index (χ3n) is 5.87. The Kier molecular flexibility index (Phi) is 7.45. The molecular formula is C22H29ClN4O2. The molecule has 0 spiro atoms. The fourth-order valence-corrected chi connectivity index (χ4v) is 4.33. The normalized spacial score (nSPS) is 18.8. The van der Waals surface area contributed by atoms with Crippen molar-refractivity contribution in [2.45, 2.75) is 57.5 Å². The van der Waals surface area contributed by atoms with Crippen LogP contribution in [-0.4, -0.2) is 39.9 Å². The van der Waals surface area contributed by atoms with Crippen LogP contribution in [0.5, 0.6) is 0 Å². The van der Waals surface area contributed by atoms with E-state index in [0.717, 1.165) is 75.0 Å². The van der Waals surface area contributed by atoms with E-state index in [1.807, 2.05) is 29.2 Å². The number of carbonyl (C=O) groups is 1. The van der Waals surface area contributed by atoms with Crippen LogP contribution in [0.1, 0.15) is 59.4 Å². The molecular weight excluding hydrogens is 388 g/mol. The number of amides is 1. The van der Waals surface area contributed by atoms with Crippen LogP contribution < -0.4 is 10.9 Å². The van der Waals surface area contributed by atoms with Crippen LogP contribution >= 0.6 is 12.4 Å². The molecule has 0 bridgehead atoms. The van der Waals surface area contributed by atoms with Gasteiger partial charge in [0.1, 0.15) is 5.56 Å². The molecule has 29 heavy (non-hydrogen) atoms. The Morgan fingerprint density at radius 1 is 1.14 bits per heavy atom. The number of halogens is 1. The van der Waals surface area contributed by atoms with Crippen LogP contribution in [0.2, 0.25) is 0 Å². The number of hydrogen-bond acceptors (Lipinski definition) is 4. The highest BCUT2D eigenvalue weighted by Gasteiger charge is 2.28. The number of nitrogens with one attached hydrogen (secondary N) is 2. The first kappa shape index (κ1) is 21.5. The third kappa shape index (κ3) is 5.06. The molecule has 0 radical (unpaired) electrons. The number of carbonyl (C=O) groups excluding carboxylic acids is 1. The number of hydrogen-bond donors (Lipinski definition) is 2. The second-order valence-corrected chi connectivity index (χ2v) is 7.81. The van der Waals surface area contributed by atoms with E-state index in [0.29, 0.717) is 6.54 Å². The monoisotopic (exact) mass is 416 g/mol. The van der Waals surface area contributed by atoms with Gasteiger partial charge in [0.05, 0.1) is 12.2 Å². The SMILES string of the molecule is Cl.O=C(c1cc2c([nH]c1=O)CCCC2)N(Cc1ccccn1)C1CCCNCC1. The zero-order valence-corrected chi connectivity index (χ0v) is 17.5. The maximum atomic E-state index is 13.5. The molecule has 1 unspecified atom stereocenters. The van der Waals surface area contributed by atoms with Gasteiger partial charge in [-0.2, -0.15) is 0 Å². The van der Waals surface area contributed by atoms with Gasteiger partial charge in [-0.1, -0.05) is 6.07 Å². The van der Waals surface area contributed by atoms with Crippen molar-refractivity contribution in [2.75, 3.05) is 13.1 Å². The minimum absolute atomic E-state index is 0. The van der Waals surface area contributed by atoms with Crippen molar-refractivity contribution in [2.24, 2.45) is 0 Å². The number of aryl methyl sites for hydroxylation is 2. The maximum Gasteiger partial charge on any atom is 0.261 e. The summed E-state index contributed by atoms with van der Waals surface area (Å²) in [6, 6.07) is 7.70. The van der Waals surface area contributed by atoms with Crippen LogP contribution in [0, 0.1) is 0 Å². The summed E-state index contributed by atoms with van der Waals surface area (Å²) in [6.07, 6.45) is 8.63. The molecule has 2 aromatic rings. The predicted molar refractivity (Wildman–Crippen MR) is 116 cm³/mol. The van der Waals surface area contributed by atoms with Gasteiger partial charge in [-0.3, -0.25) is 14.6 Å². The zero-order valence-electron chi connectivity index (χ0n) is 16.7. The van der Waals surface area contributed by atoms with Gasteiger partial charge >= 0.3 is 0 Å². The van der Waals surface area contributed by atoms with E-state index in [-0.39, 0.29) is 35.5 Å². The molecule has 1 aliphatic heterocycles. The van der Waals surface area contributed by atoms with Crippen molar-refractivity contribution in [1.29, 1.82) is 0 Å². The van der Waals surface area contributed by atoms with Gasteiger partial charge in [-0.25, -0.2) is 0 Å². The minimum atomic E-state index is -0.261. The lowest BCUT2D eigenvalue weighted by Crippen LogP contribution is -2.42. The van der Waals surface area contributed by atoms with Gasteiger partial charge in [0, 0.05) is 17.9 Å². The van der Waals surface area contributed by atoms with Crippen molar-refractivity contribution in [3.63, 3.8) is 0 Å². The molecule has 2 aliphatic rings. The molecule has 1 atom stereocenters. The molecule has 1 amide bonds. The van der Waals surface area contributed by atoms with Crippen molar-refractivity contribution >= 4 is 18.3 Å². The van der Waals surface area contributed by atoms with Crippen molar-refractivity contribution in [1.82, 2.24) is 20.2 Å². The van der Waals surface area contributed by atoms with E-state index in [9.17, 15) is 9.59 Å². The number of pyridine rings is 2. The third-order valence-corrected chi connectivity index (χ3v) is 5.87. The molecule has 0 saturated carbocycles. The molecule has 2 N–H and O–H groups in total. The Hall–Kier alpha value is -2.18. The van der Waals surface area contributed by atoms with Crippen molar-refractivity contribution < 1.29 is 4.79 Å². The van der Waals surface area contributed by atoms with Gasteiger partial charge in [0.2, 0.25) is 0 Å². The summed E-state index contributed by atoms with van der Waals surface area (Å²) < 4.78 is 0. The Morgan fingerprint density at radius 3 is 2.83 bits per heavy atom. The minimum Gasteiger partial charge on any atom is -0.330 e. The van der Waals surface area contributed by atoms with Crippen molar-refractivity contribution in [3.05, 3.63) is 63.3 Å². The van der Waals surface area contributed by atoms with E-state index >= 15 is 0 Å². The standard InChI is InChI=1S/C22H28N4O2.ClH/c27-21-19(14-16-6-1-2-9-20(16)25-21)22(28)26(15-17-7-3-4-12-24-17)18-8-5-11-23-13-10-18;/h3-4,7,12,14,18,23H,1-2,5-6,8-11,13,15H2,(H,25,27);1H. The summed E-state index contributed by atoms with van der Waals surface area (Å²) in [5, 5.41) is 3.41. The summed E-state index contributed by atoms with van der Waals surface area (Å²) in [7, 11) is 0. The number of H-pyrrole nitrogens is 1. The molecule has 3 heterocycles. The summed E-state index contributed by atoms with van der Waals surface area (Å²) in [5.41, 5.74) is 2.98. The number of aromatic amines is 1. The second-order valence-electron chi connectivity index (χ2n) is 7.81. The molecule has 1 saturated heterocycles. The molecule has 2 aromatic heterocycles. The van der Waals surface area contributed by atoms with Crippen LogP contribution in [0.3, 0.4) is 0 Å². The first-order valence-corrected chi connectivity index (χ1v) is 10.4. The Balaban J connectivity index is 0.00000240. The van der Waals surface area contributed by atoms with Gasteiger partial charge < -0.3 is 15.2 Å². The van der Waals surface area contributed by atoms with E-state index in [1.165, 1.54) is 0 Å². The van der Waals surface area contributed by atoms with Crippen LogP contribution in [0.4, 0.5) is 0 Å². The molecule has 0 aromatic carbocycles. The highest BCUT2D eigenvalue weighted by Crippen LogP contribution is 2.22. The fourth-order valence-electron chi connectivity index (χ4n) is 4.33. The average molecular weight is 417 g/mol. The van der Waals surface area contributed by atoms with E-state index in [2.05, 4.69) is 15.3 Å². The Bertz CT molecular complexity index is 876. The Labute approximate surface area is 177 Å². The first-order valence-electron chi connectivity index (χ1n) is 10.4. The number of aromatic nitrogens is 2. The summed E-state index contributed by atoms with van der Waals surface area (Å²) >= 11 is 0.